The van der Waals surface area contributed by atoms with Crippen molar-refractivity contribution in [2.75, 3.05) is 6.54 Å². The molecular weight excluding hydrogens is 204 g/mol. The normalized spacial score (nSPS) is 10.9. The van der Waals surface area contributed by atoms with Gasteiger partial charge in [-0.1, -0.05) is 30.3 Å². The predicted molar refractivity (Wildman–Crippen MR) is 62.9 cm³/mol. The van der Waals surface area contributed by atoms with Crippen molar-refractivity contribution in [3.8, 4) is 0 Å². The van der Waals surface area contributed by atoms with Crippen LogP contribution in [0.3, 0.4) is 0 Å². The molecule has 0 radical (unpaired) electrons. The molecule has 1 aromatic carbocycles. The number of amides is 1. The topological polar surface area (TPSA) is 64.3 Å². The van der Waals surface area contributed by atoms with Crippen molar-refractivity contribution in [1.29, 1.82) is 0 Å². The molecule has 0 spiro atoms. The van der Waals surface area contributed by atoms with E-state index in [1.807, 2.05) is 44.2 Å². The van der Waals surface area contributed by atoms with Gasteiger partial charge in [0.1, 0.15) is 6.61 Å². The summed E-state index contributed by atoms with van der Waals surface area (Å²) >= 11 is 0. The van der Waals surface area contributed by atoms with Crippen molar-refractivity contribution >= 4 is 6.09 Å². The van der Waals surface area contributed by atoms with Gasteiger partial charge in [0.2, 0.25) is 0 Å². The lowest BCUT2D eigenvalue weighted by Crippen LogP contribution is -2.48. The Morgan fingerprint density at radius 2 is 2.00 bits per heavy atom. The molecule has 0 saturated heterocycles. The molecule has 0 aromatic heterocycles. The fourth-order valence-electron chi connectivity index (χ4n) is 1.09. The van der Waals surface area contributed by atoms with Crippen LogP contribution in [0.4, 0.5) is 4.79 Å². The van der Waals surface area contributed by atoms with Gasteiger partial charge in [-0.3, -0.25) is 0 Å². The van der Waals surface area contributed by atoms with Gasteiger partial charge in [0.15, 0.2) is 0 Å². The molecule has 0 aliphatic rings. The minimum absolute atomic E-state index is 0.271. The minimum Gasteiger partial charge on any atom is -0.445 e. The lowest BCUT2D eigenvalue weighted by atomic mass is 10.1. The van der Waals surface area contributed by atoms with Gasteiger partial charge in [-0.15, -0.1) is 0 Å². The number of carbonyl (C=O) groups excluding carboxylic acids is 1. The highest BCUT2D eigenvalue weighted by Gasteiger charge is 2.18. The molecule has 1 amide bonds. The molecule has 1 rings (SSSR count). The number of carbonyl (C=O) groups is 1. The zero-order valence-electron chi connectivity index (χ0n) is 9.69. The Morgan fingerprint density at radius 1 is 1.38 bits per heavy atom. The highest BCUT2D eigenvalue weighted by Crippen LogP contribution is 2.03. The summed E-state index contributed by atoms with van der Waals surface area (Å²) in [6.07, 6.45) is -0.445. The zero-order valence-corrected chi connectivity index (χ0v) is 9.69. The molecule has 0 bridgehead atoms. The Balaban J connectivity index is 2.36. The number of ether oxygens (including phenoxy) is 1. The van der Waals surface area contributed by atoms with Gasteiger partial charge in [0, 0.05) is 12.1 Å². The first-order valence-corrected chi connectivity index (χ1v) is 5.22. The largest absolute Gasteiger partial charge is 0.445 e. The maximum absolute atomic E-state index is 11.4. The van der Waals surface area contributed by atoms with Crippen LogP contribution in [0, 0.1) is 0 Å². The average Bonchev–Trinajstić information content (AvgIpc) is 2.27. The summed E-state index contributed by atoms with van der Waals surface area (Å²) in [5.41, 5.74) is 6.02. The molecule has 0 saturated carbocycles. The van der Waals surface area contributed by atoms with Crippen LogP contribution in [0.15, 0.2) is 30.3 Å². The molecular formula is C12H18N2O2. The van der Waals surface area contributed by atoms with Crippen molar-refractivity contribution < 1.29 is 9.53 Å². The lowest BCUT2D eigenvalue weighted by Gasteiger charge is -2.23. The van der Waals surface area contributed by atoms with Crippen molar-refractivity contribution in [1.82, 2.24) is 5.32 Å². The monoisotopic (exact) mass is 222 g/mol. The molecule has 3 N–H and O–H groups in total. The summed E-state index contributed by atoms with van der Waals surface area (Å²) in [5.74, 6) is 0. The van der Waals surface area contributed by atoms with E-state index in [-0.39, 0.29) is 6.61 Å². The highest BCUT2D eigenvalue weighted by molar-refractivity contribution is 5.68. The second kappa shape index (κ2) is 5.51. The molecule has 0 heterocycles. The van der Waals surface area contributed by atoms with Crippen LogP contribution in [0.25, 0.3) is 0 Å². The maximum atomic E-state index is 11.4. The zero-order chi connectivity index (χ0) is 12.0. The van der Waals surface area contributed by atoms with E-state index in [0.717, 1.165) is 5.56 Å². The molecule has 88 valence electrons. The van der Waals surface area contributed by atoms with E-state index in [1.54, 1.807) is 0 Å². The summed E-state index contributed by atoms with van der Waals surface area (Å²) < 4.78 is 5.06. The molecule has 0 aliphatic heterocycles. The number of rotatable bonds is 4. The molecule has 4 nitrogen and oxygen atoms in total. The standard InChI is InChI=1S/C12H18N2O2/c1-12(2,9-13)14-11(15)16-8-10-6-4-3-5-7-10/h3-7H,8-9,13H2,1-2H3,(H,14,15). The number of benzene rings is 1. The van der Waals surface area contributed by atoms with Crippen LogP contribution in [0.5, 0.6) is 0 Å². The Labute approximate surface area is 95.8 Å². The summed E-state index contributed by atoms with van der Waals surface area (Å²) in [6, 6.07) is 9.53. The molecule has 0 fully saturated rings. The molecule has 1 aromatic rings. The van der Waals surface area contributed by atoms with Gasteiger partial charge in [-0.25, -0.2) is 4.79 Å². The summed E-state index contributed by atoms with van der Waals surface area (Å²) in [5, 5.41) is 2.69. The maximum Gasteiger partial charge on any atom is 0.407 e. The van der Waals surface area contributed by atoms with E-state index < -0.39 is 11.6 Å². The smallest absolute Gasteiger partial charge is 0.407 e. The minimum atomic E-state index is -0.445. The van der Waals surface area contributed by atoms with E-state index in [1.165, 1.54) is 0 Å². The van der Waals surface area contributed by atoms with Crippen LogP contribution in [0.2, 0.25) is 0 Å². The molecule has 4 heteroatoms. The Kier molecular flexibility index (Phi) is 4.31. The first kappa shape index (κ1) is 12.5. The van der Waals surface area contributed by atoms with Gasteiger partial charge in [-0.05, 0) is 19.4 Å². The number of nitrogens with two attached hydrogens (primary N) is 1. The van der Waals surface area contributed by atoms with Crippen LogP contribution in [-0.4, -0.2) is 18.2 Å². The van der Waals surface area contributed by atoms with Gasteiger partial charge in [0.05, 0.1) is 0 Å². The number of nitrogens with one attached hydrogen (secondary N) is 1. The van der Waals surface area contributed by atoms with Crippen LogP contribution >= 0.6 is 0 Å². The molecule has 0 atom stereocenters. The predicted octanol–water partition coefficient (Wildman–Crippen LogP) is 1.65. The second-order valence-corrected chi connectivity index (χ2v) is 4.27. The van der Waals surface area contributed by atoms with E-state index >= 15 is 0 Å². The van der Waals surface area contributed by atoms with Crippen molar-refractivity contribution in [3.05, 3.63) is 35.9 Å². The second-order valence-electron chi connectivity index (χ2n) is 4.27. The molecule has 16 heavy (non-hydrogen) atoms. The Hall–Kier alpha value is -1.55. The third kappa shape index (κ3) is 4.31. The van der Waals surface area contributed by atoms with Crippen molar-refractivity contribution in [3.63, 3.8) is 0 Å². The summed E-state index contributed by atoms with van der Waals surface area (Å²) in [7, 11) is 0. The van der Waals surface area contributed by atoms with Gasteiger partial charge >= 0.3 is 6.09 Å². The highest BCUT2D eigenvalue weighted by atomic mass is 16.5. The summed E-state index contributed by atoms with van der Waals surface area (Å²) in [4.78, 5) is 11.4. The van der Waals surface area contributed by atoms with E-state index in [2.05, 4.69) is 5.32 Å². The first-order valence-electron chi connectivity index (χ1n) is 5.22. The number of hydrogen-bond donors (Lipinski definition) is 2. The van der Waals surface area contributed by atoms with E-state index in [0.29, 0.717) is 6.54 Å². The number of alkyl carbamates (subject to hydrolysis) is 1. The molecule has 0 aliphatic carbocycles. The van der Waals surface area contributed by atoms with Crippen molar-refractivity contribution in [2.24, 2.45) is 5.73 Å². The SMILES string of the molecule is CC(C)(CN)NC(=O)OCc1ccccc1. The van der Waals surface area contributed by atoms with E-state index in [4.69, 9.17) is 10.5 Å². The third-order valence-corrected chi connectivity index (χ3v) is 2.16. The fourth-order valence-corrected chi connectivity index (χ4v) is 1.09. The summed E-state index contributed by atoms with van der Waals surface area (Å²) in [6.45, 7) is 4.33. The first-order chi connectivity index (χ1) is 7.53. The van der Waals surface area contributed by atoms with Crippen LogP contribution in [0.1, 0.15) is 19.4 Å². The van der Waals surface area contributed by atoms with Gasteiger partial charge in [-0.2, -0.15) is 0 Å². The third-order valence-electron chi connectivity index (χ3n) is 2.16. The van der Waals surface area contributed by atoms with Gasteiger partial charge in [0.25, 0.3) is 0 Å². The molecule has 0 unspecified atom stereocenters. The van der Waals surface area contributed by atoms with Gasteiger partial charge < -0.3 is 15.8 Å². The van der Waals surface area contributed by atoms with Crippen LogP contribution in [-0.2, 0) is 11.3 Å². The number of hydrogen-bond acceptors (Lipinski definition) is 3. The quantitative estimate of drug-likeness (QED) is 0.814. The fraction of sp³-hybridized carbons (Fsp3) is 0.417. The van der Waals surface area contributed by atoms with Crippen LogP contribution < -0.4 is 11.1 Å². The average molecular weight is 222 g/mol. The Bertz CT molecular complexity index is 336. The lowest BCUT2D eigenvalue weighted by molar-refractivity contribution is 0.130. The van der Waals surface area contributed by atoms with E-state index in [9.17, 15) is 4.79 Å². The van der Waals surface area contributed by atoms with Crippen molar-refractivity contribution in [2.45, 2.75) is 26.0 Å². The Morgan fingerprint density at radius 3 is 2.56 bits per heavy atom.